The number of benzene rings is 1. The summed E-state index contributed by atoms with van der Waals surface area (Å²) in [6.45, 7) is 5.21. The highest BCUT2D eigenvalue weighted by Gasteiger charge is 2.15. The van der Waals surface area contributed by atoms with E-state index in [0.717, 1.165) is 11.8 Å². The Morgan fingerprint density at radius 1 is 1.35 bits per heavy atom. The zero-order valence-electron chi connectivity index (χ0n) is 13.3. The minimum absolute atomic E-state index is 0.00187. The number of ether oxygens (including phenoxy) is 1. The minimum atomic E-state index is -1.05. The van der Waals surface area contributed by atoms with Gasteiger partial charge in [-0.1, -0.05) is 12.1 Å². The number of thioether (sulfide) groups is 1. The Labute approximate surface area is 138 Å². The summed E-state index contributed by atoms with van der Waals surface area (Å²) in [6.07, 6.45) is 0.603. The molecule has 23 heavy (non-hydrogen) atoms. The van der Waals surface area contributed by atoms with E-state index in [9.17, 15) is 14.0 Å². The number of carbonyl (C=O) groups excluding carboxylic acids is 1. The fraction of sp³-hybridized carbons (Fsp3) is 0.375. The summed E-state index contributed by atoms with van der Waals surface area (Å²) in [5.41, 5.74) is -0.472. The number of hydrogen-bond donors (Lipinski definition) is 2. The maximum absolute atomic E-state index is 13.7. The van der Waals surface area contributed by atoms with Crippen molar-refractivity contribution in [2.24, 2.45) is 0 Å². The van der Waals surface area contributed by atoms with Crippen LogP contribution < -0.4 is 5.32 Å². The predicted molar refractivity (Wildman–Crippen MR) is 87.6 cm³/mol. The van der Waals surface area contributed by atoms with Gasteiger partial charge in [-0.25, -0.2) is 14.0 Å². The van der Waals surface area contributed by atoms with Crippen molar-refractivity contribution in [2.75, 3.05) is 12.3 Å². The van der Waals surface area contributed by atoms with E-state index >= 15 is 0 Å². The highest BCUT2D eigenvalue weighted by atomic mass is 32.2. The number of carbonyl (C=O) groups is 2. The quantitative estimate of drug-likeness (QED) is 0.769. The molecule has 0 aliphatic rings. The Hall–Kier alpha value is -2.02. The van der Waals surface area contributed by atoms with Crippen LogP contribution in [0.15, 0.2) is 41.1 Å². The van der Waals surface area contributed by atoms with Gasteiger partial charge >= 0.3 is 12.1 Å². The number of nitrogens with one attached hydrogen (secondary N) is 1. The molecule has 0 unspecified atom stereocenters. The monoisotopic (exact) mass is 341 g/mol. The number of carboxylic acid groups (broad SMARTS) is 1. The summed E-state index contributed by atoms with van der Waals surface area (Å²) < 4.78 is 18.7. The topological polar surface area (TPSA) is 75.6 Å². The van der Waals surface area contributed by atoms with Gasteiger partial charge in [0.15, 0.2) is 0 Å². The summed E-state index contributed by atoms with van der Waals surface area (Å²) in [5, 5.41) is 11.5. The van der Waals surface area contributed by atoms with Crippen LogP contribution in [0.5, 0.6) is 0 Å². The molecule has 7 heteroatoms. The minimum Gasteiger partial charge on any atom is -0.478 e. The number of hydrogen-bond acceptors (Lipinski definition) is 4. The van der Waals surface area contributed by atoms with E-state index in [1.807, 2.05) is 0 Å². The SMILES string of the molecule is CC(C)(C)OC(=O)NC/C=C(\F)CSc1ccccc1C(=O)O. The van der Waals surface area contributed by atoms with Crippen LogP contribution in [0.4, 0.5) is 9.18 Å². The van der Waals surface area contributed by atoms with Crippen LogP contribution in [-0.4, -0.2) is 35.1 Å². The molecule has 1 aromatic rings. The first-order valence-electron chi connectivity index (χ1n) is 6.95. The van der Waals surface area contributed by atoms with Gasteiger partial charge < -0.3 is 15.2 Å². The highest BCUT2D eigenvalue weighted by Crippen LogP contribution is 2.24. The lowest BCUT2D eigenvalue weighted by atomic mass is 10.2. The van der Waals surface area contributed by atoms with Crippen LogP contribution in [0.1, 0.15) is 31.1 Å². The maximum atomic E-state index is 13.7. The maximum Gasteiger partial charge on any atom is 0.407 e. The van der Waals surface area contributed by atoms with Gasteiger partial charge in [-0.15, -0.1) is 11.8 Å². The van der Waals surface area contributed by atoms with E-state index in [1.54, 1.807) is 39.0 Å². The van der Waals surface area contributed by atoms with Gasteiger partial charge in [-0.2, -0.15) is 0 Å². The molecule has 0 atom stereocenters. The summed E-state index contributed by atoms with van der Waals surface area (Å²) in [4.78, 5) is 22.9. The van der Waals surface area contributed by atoms with Crippen LogP contribution in [0.3, 0.4) is 0 Å². The van der Waals surface area contributed by atoms with Gasteiger partial charge in [-0.3, -0.25) is 0 Å². The van der Waals surface area contributed by atoms with Crippen LogP contribution in [0.25, 0.3) is 0 Å². The van der Waals surface area contributed by atoms with Gasteiger partial charge in [0.1, 0.15) is 11.4 Å². The van der Waals surface area contributed by atoms with Crippen molar-refractivity contribution >= 4 is 23.8 Å². The molecule has 0 radical (unpaired) electrons. The van der Waals surface area contributed by atoms with Crippen molar-refractivity contribution in [3.8, 4) is 0 Å². The Kier molecular flexibility index (Phi) is 7.09. The highest BCUT2D eigenvalue weighted by molar-refractivity contribution is 7.99. The molecule has 0 bridgehead atoms. The Bertz CT molecular complexity index is 596. The molecular weight excluding hydrogens is 321 g/mol. The van der Waals surface area contributed by atoms with E-state index in [4.69, 9.17) is 9.84 Å². The van der Waals surface area contributed by atoms with Crippen molar-refractivity contribution in [3.05, 3.63) is 41.7 Å². The molecule has 0 aromatic heterocycles. The molecule has 1 aromatic carbocycles. The van der Waals surface area contributed by atoms with Crippen LogP contribution in [-0.2, 0) is 4.74 Å². The molecule has 0 heterocycles. The van der Waals surface area contributed by atoms with Crippen molar-refractivity contribution in [3.63, 3.8) is 0 Å². The Morgan fingerprint density at radius 2 is 2.00 bits per heavy atom. The third-order valence-corrected chi connectivity index (χ3v) is 3.54. The van der Waals surface area contributed by atoms with E-state index in [2.05, 4.69) is 5.32 Å². The largest absolute Gasteiger partial charge is 0.478 e. The van der Waals surface area contributed by atoms with Gasteiger partial charge in [-0.05, 0) is 39.0 Å². The normalized spacial score (nSPS) is 11.9. The standard InChI is InChI=1S/C16H20FNO4S/c1-16(2,3)22-15(21)18-9-8-11(17)10-23-13-7-5-4-6-12(13)14(19)20/h4-8H,9-10H2,1-3H3,(H,18,21)(H,19,20)/b11-8-. The number of rotatable bonds is 6. The molecule has 0 saturated carbocycles. The predicted octanol–water partition coefficient (Wildman–Crippen LogP) is 3.86. The Balaban J connectivity index is 2.46. The van der Waals surface area contributed by atoms with Gasteiger partial charge in [0.25, 0.3) is 0 Å². The second kappa shape index (κ2) is 8.57. The average Bonchev–Trinajstić information content (AvgIpc) is 2.43. The zero-order chi connectivity index (χ0) is 17.5. The number of aromatic carboxylic acids is 1. The first-order valence-corrected chi connectivity index (χ1v) is 7.94. The van der Waals surface area contributed by atoms with Gasteiger partial charge in [0.2, 0.25) is 0 Å². The van der Waals surface area contributed by atoms with Crippen LogP contribution in [0.2, 0.25) is 0 Å². The fourth-order valence-corrected chi connectivity index (χ4v) is 2.43. The van der Waals surface area contributed by atoms with Crippen LogP contribution in [0, 0.1) is 0 Å². The first kappa shape index (κ1) is 19.0. The summed E-state index contributed by atoms with van der Waals surface area (Å²) in [7, 11) is 0. The molecule has 0 fully saturated rings. The van der Waals surface area contributed by atoms with Gasteiger partial charge in [0, 0.05) is 17.2 Å². The third kappa shape index (κ3) is 7.69. The average molecular weight is 341 g/mol. The van der Waals surface area contributed by atoms with Gasteiger partial charge in [0.05, 0.1) is 5.56 Å². The lowest BCUT2D eigenvalue weighted by Crippen LogP contribution is -2.32. The third-order valence-electron chi connectivity index (χ3n) is 2.45. The van der Waals surface area contributed by atoms with E-state index in [0.29, 0.717) is 4.90 Å². The Morgan fingerprint density at radius 3 is 2.61 bits per heavy atom. The second-order valence-electron chi connectivity index (χ2n) is 5.62. The molecule has 0 spiro atoms. The molecule has 5 nitrogen and oxygen atoms in total. The number of halogens is 1. The molecule has 1 amide bonds. The molecule has 0 saturated heterocycles. The molecule has 2 N–H and O–H groups in total. The molecule has 126 valence electrons. The van der Waals surface area contributed by atoms with Crippen LogP contribution >= 0.6 is 11.8 Å². The van der Waals surface area contributed by atoms with Crippen molar-refractivity contribution in [1.82, 2.24) is 5.32 Å². The summed E-state index contributed by atoms with van der Waals surface area (Å²) in [6, 6.07) is 6.40. The van der Waals surface area contributed by atoms with E-state index < -0.39 is 23.5 Å². The number of alkyl carbamates (subject to hydrolysis) is 1. The van der Waals surface area contributed by atoms with Crippen molar-refractivity contribution in [1.29, 1.82) is 0 Å². The smallest absolute Gasteiger partial charge is 0.407 e. The lowest BCUT2D eigenvalue weighted by molar-refractivity contribution is 0.0533. The number of amides is 1. The summed E-state index contributed by atoms with van der Waals surface area (Å²) >= 11 is 1.08. The van der Waals surface area contributed by atoms with Crippen molar-refractivity contribution in [2.45, 2.75) is 31.3 Å². The van der Waals surface area contributed by atoms with E-state index in [1.165, 1.54) is 12.1 Å². The van der Waals surface area contributed by atoms with E-state index in [-0.39, 0.29) is 17.9 Å². The number of carboxylic acids is 1. The molecule has 1 rings (SSSR count). The lowest BCUT2D eigenvalue weighted by Gasteiger charge is -2.19. The first-order chi connectivity index (χ1) is 10.7. The summed E-state index contributed by atoms with van der Waals surface area (Å²) in [5.74, 6) is -1.52. The molecule has 0 aliphatic carbocycles. The second-order valence-corrected chi connectivity index (χ2v) is 6.64. The molecular formula is C16H20FNO4S. The zero-order valence-corrected chi connectivity index (χ0v) is 14.1. The molecule has 0 aliphatic heterocycles. The van der Waals surface area contributed by atoms with Crippen molar-refractivity contribution < 1.29 is 23.8 Å². The fourth-order valence-electron chi connectivity index (χ4n) is 1.53.